The standard InChI is InChI=1S/C17H20N4O4/c1-17(10-22)7-3-6-14(17)20-16(23)13-9-18-15(19-13)11-4-2-5-12(8-11)21(24)25/h2,4-5,8-9,14,22H,3,6-7,10H2,1H3,(H,18,19)(H,20,23)/t14-,17+/m1/s1. The van der Waals surface area contributed by atoms with Gasteiger partial charge >= 0.3 is 0 Å². The molecule has 8 heteroatoms. The smallest absolute Gasteiger partial charge is 0.270 e. The highest BCUT2D eigenvalue weighted by Gasteiger charge is 2.39. The van der Waals surface area contributed by atoms with Crippen molar-refractivity contribution in [1.29, 1.82) is 0 Å². The van der Waals surface area contributed by atoms with Gasteiger partial charge in [-0.3, -0.25) is 14.9 Å². The summed E-state index contributed by atoms with van der Waals surface area (Å²) >= 11 is 0. The number of rotatable bonds is 5. The Bertz CT molecular complexity index is 803. The van der Waals surface area contributed by atoms with Crippen LogP contribution >= 0.6 is 0 Å². The van der Waals surface area contributed by atoms with Crippen molar-refractivity contribution in [1.82, 2.24) is 15.3 Å². The molecule has 0 unspecified atom stereocenters. The molecule has 1 fully saturated rings. The van der Waals surface area contributed by atoms with Crippen molar-refractivity contribution in [2.75, 3.05) is 6.61 Å². The first-order valence-corrected chi connectivity index (χ1v) is 8.14. The molecule has 2 aromatic rings. The molecular formula is C17H20N4O4. The number of benzene rings is 1. The quantitative estimate of drug-likeness (QED) is 0.567. The van der Waals surface area contributed by atoms with Crippen LogP contribution in [0.5, 0.6) is 0 Å². The number of nitro benzene ring substituents is 1. The van der Waals surface area contributed by atoms with E-state index in [9.17, 15) is 20.0 Å². The van der Waals surface area contributed by atoms with Gasteiger partial charge in [0.15, 0.2) is 0 Å². The van der Waals surface area contributed by atoms with Gasteiger partial charge in [0.1, 0.15) is 11.5 Å². The zero-order valence-electron chi connectivity index (χ0n) is 13.9. The summed E-state index contributed by atoms with van der Waals surface area (Å²) in [5, 5.41) is 23.4. The first kappa shape index (κ1) is 17.1. The zero-order valence-corrected chi connectivity index (χ0v) is 13.9. The molecule has 1 aromatic heterocycles. The number of hydrogen-bond acceptors (Lipinski definition) is 5. The van der Waals surface area contributed by atoms with Gasteiger partial charge in [-0.15, -0.1) is 0 Å². The Kier molecular flexibility index (Phi) is 4.54. The number of hydrogen-bond donors (Lipinski definition) is 3. The minimum Gasteiger partial charge on any atom is -0.396 e. The predicted molar refractivity (Wildman–Crippen MR) is 91.0 cm³/mol. The van der Waals surface area contributed by atoms with E-state index < -0.39 is 4.92 Å². The average molecular weight is 344 g/mol. The molecule has 3 N–H and O–H groups in total. The maximum absolute atomic E-state index is 12.5. The highest BCUT2D eigenvalue weighted by Crippen LogP contribution is 2.37. The number of amides is 1. The van der Waals surface area contributed by atoms with E-state index in [-0.39, 0.29) is 35.4 Å². The minimum atomic E-state index is -0.476. The number of carbonyl (C=O) groups is 1. The van der Waals surface area contributed by atoms with E-state index in [4.69, 9.17) is 0 Å². The fourth-order valence-electron chi connectivity index (χ4n) is 3.25. The van der Waals surface area contributed by atoms with E-state index in [2.05, 4.69) is 15.3 Å². The largest absolute Gasteiger partial charge is 0.396 e. The number of nitrogens with one attached hydrogen (secondary N) is 2. The molecule has 25 heavy (non-hydrogen) atoms. The van der Waals surface area contributed by atoms with Crippen LogP contribution < -0.4 is 5.32 Å². The Balaban J connectivity index is 1.76. The van der Waals surface area contributed by atoms with Crippen molar-refractivity contribution in [2.24, 2.45) is 5.41 Å². The van der Waals surface area contributed by atoms with Crippen LogP contribution in [0.4, 0.5) is 5.69 Å². The van der Waals surface area contributed by atoms with E-state index in [1.54, 1.807) is 12.1 Å². The molecule has 8 nitrogen and oxygen atoms in total. The molecule has 0 spiro atoms. The lowest BCUT2D eigenvalue weighted by atomic mass is 9.86. The second kappa shape index (κ2) is 6.64. The van der Waals surface area contributed by atoms with Crippen molar-refractivity contribution >= 4 is 11.6 Å². The van der Waals surface area contributed by atoms with Crippen LogP contribution in [0.2, 0.25) is 0 Å². The lowest BCUT2D eigenvalue weighted by molar-refractivity contribution is -0.384. The molecule has 0 aliphatic heterocycles. The summed E-state index contributed by atoms with van der Waals surface area (Å²) in [5.74, 6) is 0.0981. The van der Waals surface area contributed by atoms with Gasteiger partial charge in [0.2, 0.25) is 0 Å². The van der Waals surface area contributed by atoms with Gasteiger partial charge in [-0.25, -0.2) is 4.98 Å². The van der Waals surface area contributed by atoms with Crippen molar-refractivity contribution in [3.8, 4) is 11.4 Å². The first-order chi connectivity index (χ1) is 11.9. The van der Waals surface area contributed by atoms with E-state index in [0.29, 0.717) is 11.4 Å². The van der Waals surface area contributed by atoms with Crippen LogP contribution in [0, 0.1) is 15.5 Å². The van der Waals surface area contributed by atoms with E-state index in [0.717, 1.165) is 19.3 Å². The summed E-state index contributed by atoms with van der Waals surface area (Å²) in [6.07, 6.45) is 4.07. The Morgan fingerprint density at radius 1 is 1.56 bits per heavy atom. The lowest BCUT2D eigenvalue weighted by Gasteiger charge is -2.29. The average Bonchev–Trinajstić information content (AvgIpc) is 3.23. The van der Waals surface area contributed by atoms with Crippen LogP contribution in [0.15, 0.2) is 30.5 Å². The third kappa shape index (κ3) is 3.39. The molecule has 1 heterocycles. The SMILES string of the molecule is C[C@@]1(CO)CCC[C@H]1NC(=O)c1cnc(-c2cccc([N+](=O)[O-])c2)[nH]1. The van der Waals surface area contributed by atoms with Crippen LogP contribution in [-0.4, -0.2) is 38.6 Å². The molecule has 1 aromatic carbocycles. The highest BCUT2D eigenvalue weighted by atomic mass is 16.6. The number of aromatic amines is 1. The highest BCUT2D eigenvalue weighted by molar-refractivity contribution is 5.93. The normalized spacial score (nSPS) is 22.7. The third-order valence-corrected chi connectivity index (χ3v) is 4.90. The summed E-state index contributed by atoms with van der Waals surface area (Å²) in [5.41, 5.74) is 0.478. The molecule has 132 valence electrons. The van der Waals surface area contributed by atoms with Gasteiger partial charge in [-0.1, -0.05) is 25.5 Å². The summed E-state index contributed by atoms with van der Waals surface area (Å²) < 4.78 is 0. The van der Waals surface area contributed by atoms with Crippen LogP contribution in [0.1, 0.15) is 36.7 Å². The zero-order chi connectivity index (χ0) is 18.0. The van der Waals surface area contributed by atoms with Crippen molar-refractivity contribution in [3.63, 3.8) is 0 Å². The van der Waals surface area contributed by atoms with Crippen molar-refractivity contribution in [2.45, 2.75) is 32.2 Å². The van der Waals surface area contributed by atoms with Crippen LogP contribution in [-0.2, 0) is 0 Å². The number of nitrogens with zero attached hydrogens (tertiary/aromatic N) is 2. The van der Waals surface area contributed by atoms with Gasteiger partial charge in [0.25, 0.3) is 11.6 Å². The van der Waals surface area contributed by atoms with E-state index in [1.165, 1.54) is 18.3 Å². The monoisotopic (exact) mass is 344 g/mol. The van der Waals surface area contributed by atoms with Gasteiger partial charge in [0, 0.05) is 29.2 Å². The van der Waals surface area contributed by atoms with E-state index in [1.807, 2.05) is 6.92 Å². The van der Waals surface area contributed by atoms with Crippen LogP contribution in [0.25, 0.3) is 11.4 Å². The third-order valence-electron chi connectivity index (χ3n) is 4.90. The van der Waals surface area contributed by atoms with Gasteiger partial charge in [-0.2, -0.15) is 0 Å². The summed E-state index contributed by atoms with van der Waals surface area (Å²) in [7, 11) is 0. The second-order valence-electron chi connectivity index (χ2n) is 6.68. The van der Waals surface area contributed by atoms with Gasteiger partial charge in [-0.05, 0) is 12.8 Å². The predicted octanol–water partition coefficient (Wildman–Crippen LogP) is 2.27. The summed E-state index contributed by atoms with van der Waals surface area (Å²) in [6.45, 7) is 1.99. The molecule has 0 bridgehead atoms. The van der Waals surface area contributed by atoms with Crippen molar-refractivity contribution in [3.05, 3.63) is 46.3 Å². The molecule has 0 radical (unpaired) electrons. The molecule has 1 amide bonds. The number of H-pyrrole nitrogens is 1. The number of carbonyl (C=O) groups excluding carboxylic acids is 1. The molecule has 1 saturated carbocycles. The maximum Gasteiger partial charge on any atom is 0.270 e. The Morgan fingerprint density at radius 3 is 3.08 bits per heavy atom. The number of aromatic nitrogens is 2. The molecule has 1 aliphatic rings. The lowest BCUT2D eigenvalue weighted by Crippen LogP contribution is -2.44. The van der Waals surface area contributed by atoms with Crippen molar-refractivity contribution < 1.29 is 14.8 Å². The number of imidazole rings is 1. The molecule has 2 atom stereocenters. The molecule has 1 aliphatic carbocycles. The molecular weight excluding hydrogens is 324 g/mol. The maximum atomic E-state index is 12.5. The van der Waals surface area contributed by atoms with Gasteiger partial charge < -0.3 is 15.4 Å². The molecule has 3 rings (SSSR count). The number of non-ortho nitro benzene ring substituents is 1. The molecule has 0 saturated heterocycles. The fourth-order valence-corrected chi connectivity index (χ4v) is 3.25. The Morgan fingerprint density at radius 2 is 2.36 bits per heavy atom. The Labute approximate surface area is 144 Å². The van der Waals surface area contributed by atoms with Crippen LogP contribution in [0.3, 0.4) is 0 Å². The summed E-state index contributed by atoms with van der Waals surface area (Å²) in [6, 6.07) is 5.97. The number of nitro groups is 1. The van der Waals surface area contributed by atoms with E-state index >= 15 is 0 Å². The fraction of sp³-hybridized carbons (Fsp3) is 0.412. The van der Waals surface area contributed by atoms with Gasteiger partial charge in [0.05, 0.1) is 17.7 Å². The Hall–Kier alpha value is -2.74. The first-order valence-electron chi connectivity index (χ1n) is 8.14. The number of aliphatic hydroxyl groups excluding tert-OH is 1. The minimum absolute atomic E-state index is 0.0276. The summed E-state index contributed by atoms with van der Waals surface area (Å²) in [4.78, 5) is 29.9. The topological polar surface area (TPSA) is 121 Å². The second-order valence-corrected chi connectivity index (χ2v) is 6.68. The number of aliphatic hydroxyl groups is 1.